The van der Waals surface area contributed by atoms with E-state index in [1.807, 2.05) is 0 Å². The molecule has 5 rings (SSSR count). The van der Waals surface area contributed by atoms with E-state index in [1.54, 1.807) is 24.3 Å². The van der Waals surface area contributed by atoms with Crippen molar-refractivity contribution >= 4 is 51.5 Å². The Morgan fingerprint density at radius 3 is 2.72 bits per heavy atom. The molecular formula is C24H19ClF4N4O2S. The summed E-state index contributed by atoms with van der Waals surface area (Å²) in [4.78, 5) is 26.5. The largest absolute Gasteiger partial charge is 0.416 e. The summed E-state index contributed by atoms with van der Waals surface area (Å²) >= 11 is 6.58. The van der Waals surface area contributed by atoms with Crippen LogP contribution in [0.15, 0.2) is 47.5 Å². The van der Waals surface area contributed by atoms with Gasteiger partial charge in [-0.05, 0) is 59.7 Å². The number of hydrogen-bond donors (Lipinski definition) is 1. The van der Waals surface area contributed by atoms with E-state index in [0.717, 1.165) is 22.7 Å². The summed E-state index contributed by atoms with van der Waals surface area (Å²) < 4.78 is 55.3. The second kappa shape index (κ2) is 9.53. The molecule has 6 nitrogen and oxygen atoms in total. The molecule has 2 amide bonds. The van der Waals surface area contributed by atoms with Crippen LogP contribution in [0.4, 0.5) is 22.4 Å². The van der Waals surface area contributed by atoms with Crippen LogP contribution in [0.2, 0.25) is 5.02 Å². The Morgan fingerprint density at radius 2 is 2.00 bits per heavy atom. The van der Waals surface area contributed by atoms with E-state index in [4.69, 9.17) is 11.6 Å². The van der Waals surface area contributed by atoms with Gasteiger partial charge in [0.2, 0.25) is 0 Å². The summed E-state index contributed by atoms with van der Waals surface area (Å²) in [5, 5.41) is 7.45. The Bertz CT molecular complexity index is 1390. The van der Waals surface area contributed by atoms with Crippen molar-refractivity contribution in [1.29, 1.82) is 0 Å². The number of alkyl halides is 4. The first-order valence-corrected chi connectivity index (χ1v) is 12.2. The number of benzene rings is 2. The standard InChI is InChI=1S/C24H19ClF4N4O2S/c25-16-3-2-14(19(7-16)24(27,28)29)11-33-20-4-1-13(5-15(20)9-31-33)6-21-22(34)32(23(35)36-21)12-18-8-17(26)10-30-18/h1-7,9,17-18,30H,8,10-12H2/t17-,18+/m1/s1. The van der Waals surface area contributed by atoms with Gasteiger partial charge in [0.25, 0.3) is 11.1 Å². The predicted molar refractivity (Wildman–Crippen MR) is 129 cm³/mol. The monoisotopic (exact) mass is 538 g/mol. The number of hydrogen-bond acceptors (Lipinski definition) is 5. The van der Waals surface area contributed by atoms with Gasteiger partial charge in [-0.1, -0.05) is 23.7 Å². The predicted octanol–water partition coefficient (Wildman–Crippen LogP) is 5.49. The highest BCUT2D eigenvalue weighted by molar-refractivity contribution is 8.18. The first kappa shape index (κ1) is 24.8. The summed E-state index contributed by atoms with van der Waals surface area (Å²) in [6.45, 7) is 0.210. The minimum Gasteiger partial charge on any atom is -0.309 e. The average molecular weight is 539 g/mol. The Balaban J connectivity index is 1.36. The van der Waals surface area contributed by atoms with Crippen molar-refractivity contribution < 1.29 is 27.2 Å². The van der Waals surface area contributed by atoms with Gasteiger partial charge in [-0.2, -0.15) is 18.3 Å². The zero-order chi connectivity index (χ0) is 25.6. The number of amides is 2. The molecule has 0 spiro atoms. The molecule has 2 saturated heterocycles. The van der Waals surface area contributed by atoms with Crippen molar-refractivity contribution in [3.05, 3.63) is 69.2 Å². The molecule has 0 unspecified atom stereocenters. The third-order valence-corrected chi connectivity index (χ3v) is 7.25. The van der Waals surface area contributed by atoms with Crippen molar-refractivity contribution in [2.45, 2.75) is 31.4 Å². The van der Waals surface area contributed by atoms with Crippen molar-refractivity contribution in [1.82, 2.24) is 20.0 Å². The molecule has 0 saturated carbocycles. The Morgan fingerprint density at radius 1 is 1.19 bits per heavy atom. The fourth-order valence-corrected chi connectivity index (χ4v) is 5.39. The highest BCUT2D eigenvalue weighted by atomic mass is 35.5. The lowest BCUT2D eigenvalue weighted by Crippen LogP contribution is -2.39. The van der Waals surface area contributed by atoms with Crippen LogP contribution in [0, 0.1) is 0 Å². The highest BCUT2D eigenvalue weighted by Crippen LogP contribution is 2.35. The van der Waals surface area contributed by atoms with Crippen molar-refractivity contribution in [3.63, 3.8) is 0 Å². The second-order valence-electron chi connectivity index (χ2n) is 8.65. The molecule has 188 valence electrons. The van der Waals surface area contributed by atoms with Crippen LogP contribution >= 0.6 is 23.4 Å². The summed E-state index contributed by atoms with van der Waals surface area (Å²) in [6.07, 6.45) is -2.18. The zero-order valence-electron chi connectivity index (χ0n) is 18.6. The topological polar surface area (TPSA) is 67.2 Å². The third kappa shape index (κ3) is 5.00. The first-order valence-electron chi connectivity index (χ1n) is 11.0. The van der Waals surface area contributed by atoms with Crippen LogP contribution in [-0.4, -0.2) is 51.1 Å². The fourth-order valence-electron chi connectivity index (χ4n) is 4.37. The minimum atomic E-state index is -4.55. The number of imide groups is 1. The number of nitrogens with one attached hydrogen (secondary N) is 1. The van der Waals surface area contributed by atoms with Crippen LogP contribution in [0.3, 0.4) is 0 Å². The first-order chi connectivity index (χ1) is 17.1. The number of nitrogens with zero attached hydrogens (tertiary/aromatic N) is 3. The second-order valence-corrected chi connectivity index (χ2v) is 10.1. The summed E-state index contributed by atoms with van der Waals surface area (Å²) in [7, 11) is 0. The molecule has 2 fully saturated rings. The molecular weight excluding hydrogens is 520 g/mol. The molecule has 2 aliphatic rings. The maximum atomic E-state index is 13.5. The lowest BCUT2D eigenvalue weighted by molar-refractivity contribution is -0.138. The van der Waals surface area contributed by atoms with E-state index < -0.39 is 29.1 Å². The molecule has 2 aromatic carbocycles. The van der Waals surface area contributed by atoms with Gasteiger partial charge in [0.05, 0.1) is 28.7 Å². The van der Waals surface area contributed by atoms with E-state index in [-0.39, 0.29) is 47.6 Å². The third-order valence-electron chi connectivity index (χ3n) is 6.11. The molecule has 12 heteroatoms. The molecule has 0 bridgehead atoms. The van der Waals surface area contributed by atoms with E-state index in [9.17, 15) is 27.2 Å². The van der Waals surface area contributed by atoms with Gasteiger partial charge in [0.15, 0.2) is 0 Å². The number of thioether (sulfide) groups is 1. The van der Waals surface area contributed by atoms with Crippen LogP contribution in [0.25, 0.3) is 17.0 Å². The van der Waals surface area contributed by atoms with E-state index in [0.29, 0.717) is 16.5 Å². The van der Waals surface area contributed by atoms with Gasteiger partial charge < -0.3 is 5.32 Å². The van der Waals surface area contributed by atoms with Crippen LogP contribution in [-0.2, 0) is 17.5 Å². The number of carbonyl (C=O) groups is 2. The summed E-state index contributed by atoms with van der Waals surface area (Å²) in [6, 6.07) is 8.50. The van der Waals surface area contributed by atoms with Crippen LogP contribution in [0.1, 0.15) is 23.1 Å². The quantitative estimate of drug-likeness (QED) is 0.343. The van der Waals surface area contributed by atoms with E-state index in [2.05, 4.69) is 10.4 Å². The van der Waals surface area contributed by atoms with E-state index in [1.165, 1.54) is 23.0 Å². The number of halogens is 5. The van der Waals surface area contributed by atoms with Crippen molar-refractivity contribution in [3.8, 4) is 0 Å². The normalized spacial score (nSPS) is 21.9. The molecule has 0 radical (unpaired) electrons. The van der Waals surface area contributed by atoms with Gasteiger partial charge in [0, 0.05) is 29.5 Å². The summed E-state index contributed by atoms with van der Waals surface area (Å²) in [5.41, 5.74) is 0.459. The number of aromatic nitrogens is 2. The number of rotatable bonds is 5. The van der Waals surface area contributed by atoms with Gasteiger partial charge in [-0.15, -0.1) is 0 Å². The average Bonchev–Trinajstić information content (AvgIpc) is 3.48. The highest BCUT2D eigenvalue weighted by Gasteiger charge is 2.38. The van der Waals surface area contributed by atoms with Crippen LogP contribution in [0.5, 0.6) is 0 Å². The number of carbonyl (C=O) groups excluding carboxylic acids is 2. The zero-order valence-corrected chi connectivity index (χ0v) is 20.1. The molecule has 2 aliphatic heterocycles. The van der Waals surface area contributed by atoms with Gasteiger partial charge >= 0.3 is 6.18 Å². The molecule has 3 heterocycles. The fraction of sp³-hybridized carbons (Fsp3) is 0.292. The Hall–Kier alpha value is -2.89. The maximum absolute atomic E-state index is 13.5. The van der Waals surface area contributed by atoms with Crippen molar-refractivity contribution in [2.75, 3.05) is 13.1 Å². The molecule has 1 N–H and O–H groups in total. The van der Waals surface area contributed by atoms with Gasteiger partial charge in [-0.3, -0.25) is 19.2 Å². The summed E-state index contributed by atoms with van der Waals surface area (Å²) in [5.74, 6) is -0.438. The smallest absolute Gasteiger partial charge is 0.309 e. The van der Waals surface area contributed by atoms with Crippen molar-refractivity contribution in [2.24, 2.45) is 0 Å². The maximum Gasteiger partial charge on any atom is 0.416 e. The molecule has 1 aromatic heterocycles. The Kier molecular flexibility index (Phi) is 6.56. The molecule has 36 heavy (non-hydrogen) atoms. The minimum absolute atomic E-state index is 0.00318. The Labute approximate surface area is 212 Å². The van der Waals surface area contributed by atoms with Crippen LogP contribution < -0.4 is 5.32 Å². The SMILES string of the molecule is O=C1SC(=Cc2ccc3c(cnn3Cc3ccc(Cl)cc3C(F)(F)F)c2)C(=O)N1C[C@@H]1C[C@@H](F)CN1. The lowest BCUT2D eigenvalue weighted by atomic mass is 10.1. The van der Waals surface area contributed by atoms with Gasteiger partial charge in [0.1, 0.15) is 6.17 Å². The number of fused-ring (bicyclic) bond motifs is 1. The van der Waals surface area contributed by atoms with E-state index >= 15 is 0 Å². The molecule has 3 aromatic rings. The lowest BCUT2D eigenvalue weighted by Gasteiger charge is -2.17. The van der Waals surface area contributed by atoms with Gasteiger partial charge in [-0.25, -0.2) is 4.39 Å². The molecule has 0 aliphatic carbocycles. The molecule has 2 atom stereocenters.